The lowest BCUT2D eigenvalue weighted by atomic mass is 9.85. The minimum atomic E-state index is -1.65. The standard InChI is InChI=1S/C18H25NO5/c1-4-12-9-11(2)18(3,22)17(21)23-10-13-5-7-19-8-6-14(15(13)19)24-16(12)20/h4-5,11,14-15,22H,6-10H2,1-3H3/b12-4+. The van der Waals surface area contributed by atoms with Gasteiger partial charge in [-0.3, -0.25) is 4.90 Å². The topological polar surface area (TPSA) is 76.1 Å². The third-order valence-corrected chi connectivity index (χ3v) is 5.55. The van der Waals surface area contributed by atoms with Crippen LogP contribution in [0, 0.1) is 5.92 Å². The van der Waals surface area contributed by atoms with Gasteiger partial charge in [-0.05, 0) is 38.2 Å². The number of rotatable bonds is 0. The van der Waals surface area contributed by atoms with Crippen molar-refractivity contribution in [2.24, 2.45) is 5.92 Å². The summed E-state index contributed by atoms with van der Waals surface area (Å²) in [6, 6.07) is -0.0262. The summed E-state index contributed by atoms with van der Waals surface area (Å²) in [4.78, 5) is 27.1. The number of allylic oxidation sites excluding steroid dienone is 1. The van der Waals surface area contributed by atoms with Gasteiger partial charge in [0.05, 0.1) is 6.04 Å². The van der Waals surface area contributed by atoms with Crippen LogP contribution in [0.3, 0.4) is 0 Å². The van der Waals surface area contributed by atoms with Gasteiger partial charge in [-0.15, -0.1) is 0 Å². The number of cyclic esters (lactones) is 1. The fraction of sp³-hybridized carbons (Fsp3) is 0.667. The van der Waals surface area contributed by atoms with Crippen LogP contribution in [0.1, 0.15) is 33.6 Å². The first-order valence-corrected chi connectivity index (χ1v) is 8.53. The molecule has 4 atom stereocenters. The molecule has 0 saturated carbocycles. The van der Waals surface area contributed by atoms with Crippen molar-refractivity contribution in [3.8, 4) is 0 Å². The van der Waals surface area contributed by atoms with Crippen LogP contribution in [-0.2, 0) is 19.1 Å². The fourth-order valence-corrected chi connectivity index (χ4v) is 3.68. The van der Waals surface area contributed by atoms with Crippen molar-refractivity contribution >= 4 is 11.9 Å². The van der Waals surface area contributed by atoms with Crippen LogP contribution < -0.4 is 0 Å². The second kappa shape index (κ2) is 6.33. The molecule has 4 unspecified atom stereocenters. The van der Waals surface area contributed by atoms with Gasteiger partial charge < -0.3 is 14.6 Å². The number of carbonyl (C=O) groups is 2. The Bertz CT molecular complexity index is 607. The number of hydrogen-bond acceptors (Lipinski definition) is 6. The molecule has 0 aromatic rings. The number of esters is 2. The summed E-state index contributed by atoms with van der Waals surface area (Å²) in [6.07, 6.45) is 4.56. The van der Waals surface area contributed by atoms with Crippen molar-refractivity contribution in [1.82, 2.24) is 4.90 Å². The molecule has 3 heterocycles. The Morgan fingerprint density at radius 3 is 2.88 bits per heavy atom. The quantitative estimate of drug-likeness (QED) is 0.407. The third-order valence-electron chi connectivity index (χ3n) is 5.55. The summed E-state index contributed by atoms with van der Waals surface area (Å²) in [5.74, 6) is -1.46. The van der Waals surface area contributed by atoms with Gasteiger partial charge in [0, 0.05) is 18.7 Å². The summed E-state index contributed by atoms with van der Waals surface area (Å²) in [7, 11) is 0. The van der Waals surface area contributed by atoms with Crippen molar-refractivity contribution in [3.05, 3.63) is 23.3 Å². The molecular formula is C18H25NO5. The molecule has 0 radical (unpaired) electrons. The van der Waals surface area contributed by atoms with E-state index in [-0.39, 0.29) is 31.1 Å². The fourth-order valence-electron chi connectivity index (χ4n) is 3.68. The lowest BCUT2D eigenvalue weighted by molar-refractivity contribution is -0.169. The first-order valence-electron chi connectivity index (χ1n) is 8.53. The van der Waals surface area contributed by atoms with Gasteiger partial charge in [-0.25, -0.2) is 9.59 Å². The van der Waals surface area contributed by atoms with Gasteiger partial charge in [0.15, 0.2) is 5.60 Å². The maximum atomic E-state index is 12.5. The van der Waals surface area contributed by atoms with Gasteiger partial charge in [0.25, 0.3) is 0 Å². The van der Waals surface area contributed by atoms with Crippen LogP contribution in [0.2, 0.25) is 0 Å². The Hall–Kier alpha value is -1.66. The molecule has 0 aromatic carbocycles. The number of hydrogen-bond donors (Lipinski definition) is 1. The summed E-state index contributed by atoms with van der Waals surface area (Å²) in [6.45, 7) is 6.71. The Kier molecular flexibility index (Phi) is 4.53. The zero-order chi connectivity index (χ0) is 17.5. The highest BCUT2D eigenvalue weighted by Crippen LogP contribution is 2.34. The molecule has 3 aliphatic heterocycles. The number of nitrogens with zero attached hydrogens (tertiary/aromatic N) is 1. The third kappa shape index (κ3) is 2.89. The summed E-state index contributed by atoms with van der Waals surface area (Å²) in [5.41, 5.74) is -0.218. The van der Waals surface area contributed by atoms with E-state index in [4.69, 9.17) is 9.47 Å². The van der Waals surface area contributed by atoms with Crippen molar-refractivity contribution in [2.75, 3.05) is 19.7 Å². The van der Waals surface area contributed by atoms with Crippen LogP contribution in [0.5, 0.6) is 0 Å². The first-order chi connectivity index (χ1) is 11.3. The molecule has 0 aromatic heterocycles. The highest BCUT2D eigenvalue weighted by Gasteiger charge is 2.45. The van der Waals surface area contributed by atoms with E-state index >= 15 is 0 Å². The number of ether oxygens (including phenoxy) is 2. The molecule has 6 nitrogen and oxygen atoms in total. The van der Waals surface area contributed by atoms with Gasteiger partial charge in [-0.2, -0.15) is 0 Å². The van der Waals surface area contributed by atoms with Crippen LogP contribution in [0.4, 0.5) is 0 Å². The molecule has 0 amide bonds. The minimum Gasteiger partial charge on any atom is -0.459 e. The van der Waals surface area contributed by atoms with Crippen molar-refractivity contribution in [2.45, 2.75) is 51.4 Å². The number of aliphatic hydroxyl groups is 1. The summed E-state index contributed by atoms with van der Waals surface area (Å²) in [5, 5.41) is 10.6. The first kappa shape index (κ1) is 17.2. The predicted octanol–water partition coefficient (Wildman–Crippen LogP) is 1.19. The Balaban J connectivity index is 1.91. The average molecular weight is 335 g/mol. The Labute approximate surface area is 142 Å². The molecule has 0 aliphatic carbocycles. The van der Waals surface area contributed by atoms with E-state index in [0.717, 1.165) is 25.1 Å². The van der Waals surface area contributed by atoms with E-state index in [1.807, 2.05) is 6.08 Å². The maximum Gasteiger partial charge on any atom is 0.338 e. The van der Waals surface area contributed by atoms with Gasteiger partial charge in [0.1, 0.15) is 12.7 Å². The molecule has 1 N–H and O–H groups in total. The molecule has 0 bridgehead atoms. The second-order valence-corrected chi connectivity index (χ2v) is 7.09. The SMILES string of the molecule is C/C=C1\CC(C)C(C)(O)C(=O)OCC2=CCN3CCC(OC1=O)C23. The van der Waals surface area contributed by atoms with E-state index in [9.17, 15) is 14.7 Å². The highest BCUT2D eigenvalue weighted by molar-refractivity contribution is 5.89. The summed E-state index contributed by atoms with van der Waals surface area (Å²) >= 11 is 0. The zero-order valence-electron chi connectivity index (χ0n) is 14.4. The van der Waals surface area contributed by atoms with Gasteiger partial charge >= 0.3 is 11.9 Å². The van der Waals surface area contributed by atoms with Crippen LogP contribution in [-0.4, -0.2) is 59.4 Å². The van der Waals surface area contributed by atoms with E-state index in [2.05, 4.69) is 4.90 Å². The van der Waals surface area contributed by atoms with Gasteiger partial charge in [0.2, 0.25) is 0 Å². The highest BCUT2D eigenvalue weighted by atomic mass is 16.6. The molecule has 24 heavy (non-hydrogen) atoms. The Morgan fingerprint density at radius 2 is 2.17 bits per heavy atom. The predicted molar refractivity (Wildman–Crippen MR) is 87.1 cm³/mol. The maximum absolute atomic E-state index is 12.5. The molecule has 0 spiro atoms. The van der Waals surface area contributed by atoms with Crippen LogP contribution in [0.15, 0.2) is 23.3 Å². The normalized spacial score (nSPS) is 39.6. The zero-order valence-corrected chi connectivity index (χ0v) is 14.4. The molecule has 6 heteroatoms. The van der Waals surface area contributed by atoms with Crippen molar-refractivity contribution < 1.29 is 24.2 Å². The average Bonchev–Trinajstić information content (AvgIpc) is 3.12. The van der Waals surface area contributed by atoms with Crippen molar-refractivity contribution in [3.63, 3.8) is 0 Å². The molecule has 3 rings (SSSR count). The smallest absolute Gasteiger partial charge is 0.338 e. The lowest BCUT2D eigenvalue weighted by Crippen LogP contribution is -2.45. The Morgan fingerprint density at radius 1 is 1.42 bits per heavy atom. The van der Waals surface area contributed by atoms with Crippen LogP contribution >= 0.6 is 0 Å². The molecular weight excluding hydrogens is 310 g/mol. The van der Waals surface area contributed by atoms with E-state index in [0.29, 0.717) is 5.57 Å². The minimum absolute atomic E-state index is 0.0262. The van der Waals surface area contributed by atoms with E-state index in [1.54, 1.807) is 19.9 Å². The van der Waals surface area contributed by atoms with Gasteiger partial charge in [-0.1, -0.05) is 19.1 Å². The molecule has 2 saturated heterocycles. The lowest BCUT2D eigenvalue weighted by Gasteiger charge is -2.31. The van der Waals surface area contributed by atoms with Crippen LogP contribution in [0.25, 0.3) is 0 Å². The molecule has 3 aliphatic rings. The summed E-state index contributed by atoms with van der Waals surface area (Å²) < 4.78 is 11.2. The monoisotopic (exact) mass is 335 g/mol. The van der Waals surface area contributed by atoms with Crippen molar-refractivity contribution in [1.29, 1.82) is 0 Å². The largest absolute Gasteiger partial charge is 0.459 e. The molecule has 2 fully saturated rings. The second-order valence-electron chi connectivity index (χ2n) is 7.09. The van der Waals surface area contributed by atoms with E-state index in [1.165, 1.54) is 6.92 Å². The van der Waals surface area contributed by atoms with E-state index < -0.39 is 17.5 Å². The molecule has 132 valence electrons. The number of carbonyl (C=O) groups excluding carboxylic acids is 2.